The molecule has 0 heterocycles. The fourth-order valence-corrected chi connectivity index (χ4v) is 0.415. The minimum atomic E-state index is -0.658. The number of carbonyl (C=O) groups is 2. The average molecular weight is 130 g/mol. The Morgan fingerprint density at radius 1 is 1.89 bits per heavy atom. The fraction of sp³-hybridized carbons (Fsp3) is 0.600. The first kappa shape index (κ1) is 7.94. The second kappa shape index (κ2) is 3.88. The molecule has 0 aromatic carbocycles. The summed E-state index contributed by atoms with van der Waals surface area (Å²) in [6.07, 6.45) is 1.23. The van der Waals surface area contributed by atoms with Gasteiger partial charge >= 0.3 is 6.03 Å². The lowest BCUT2D eigenvalue weighted by Gasteiger charge is -2.05. The maximum absolute atomic E-state index is 10.1. The monoisotopic (exact) mass is 130 g/mol. The molecule has 0 aliphatic rings. The van der Waals surface area contributed by atoms with E-state index >= 15 is 0 Å². The lowest BCUT2D eigenvalue weighted by atomic mass is 10.2. The smallest absolute Gasteiger partial charge is 0.312 e. The highest BCUT2D eigenvalue weighted by molar-refractivity contribution is 5.76. The van der Waals surface area contributed by atoms with Crippen LogP contribution in [0.2, 0.25) is 0 Å². The van der Waals surface area contributed by atoms with Crippen LogP contribution in [0, 0.1) is 0 Å². The summed E-state index contributed by atoms with van der Waals surface area (Å²) in [6, 6.07) is -1.09. The quantitative estimate of drug-likeness (QED) is 0.512. The Kier molecular flexibility index (Phi) is 3.43. The molecule has 0 bridgehead atoms. The van der Waals surface area contributed by atoms with Crippen LogP contribution in [0.4, 0.5) is 4.79 Å². The van der Waals surface area contributed by atoms with Crippen molar-refractivity contribution in [2.75, 3.05) is 0 Å². The van der Waals surface area contributed by atoms with Crippen molar-refractivity contribution in [3.63, 3.8) is 0 Å². The SMILES string of the molecule is CCC(C=O)NC(N)=O. The third kappa shape index (κ3) is 3.52. The Labute approximate surface area is 53.4 Å². The summed E-state index contributed by atoms with van der Waals surface area (Å²) in [5.41, 5.74) is 4.74. The highest BCUT2D eigenvalue weighted by atomic mass is 16.2. The second-order valence-corrected chi connectivity index (χ2v) is 1.66. The van der Waals surface area contributed by atoms with E-state index in [1.54, 1.807) is 6.92 Å². The van der Waals surface area contributed by atoms with Gasteiger partial charge in [-0.1, -0.05) is 6.92 Å². The molecule has 0 spiro atoms. The lowest BCUT2D eigenvalue weighted by Crippen LogP contribution is -2.39. The summed E-state index contributed by atoms with van der Waals surface area (Å²) < 4.78 is 0. The van der Waals surface area contributed by atoms with Crippen LogP contribution in [0.15, 0.2) is 0 Å². The van der Waals surface area contributed by atoms with Crippen LogP contribution in [0.3, 0.4) is 0 Å². The van der Waals surface area contributed by atoms with Crippen molar-refractivity contribution in [2.24, 2.45) is 5.73 Å². The number of amides is 2. The number of hydrogen-bond donors (Lipinski definition) is 2. The number of primary amides is 1. The molecule has 0 aromatic heterocycles. The van der Waals surface area contributed by atoms with Crippen LogP contribution in [0.5, 0.6) is 0 Å². The van der Waals surface area contributed by atoms with Gasteiger partial charge in [-0.25, -0.2) is 4.79 Å². The fourth-order valence-electron chi connectivity index (χ4n) is 0.415. The largest absolute Gasteiger partial charge is 0.352 e. The lowest BCUT2D eigenvalue weighted by molar-refractivity contribution is -0.109. The molecule has 0 saturated heterocycles. The first-order chi connectivity index (χ1) is 4.20. The van der Waals surface area contributed by atoms with Gasteiger partial charge in [-0.3, -0.25) is 0 Å². The van der Waals surface area contributed by atoms with E-state index in [4.69, 9.17) is 5.73 Å². The molecule has 0 aromatic rings. The molecule has 0 fully saturated rings. The van der Waals surface area contributed by atoms with Gasteiger partial charge < -0.3 is 15.8 Å². The highest BCUT2D eigenvalue weighted by Crippen LogP contribution is 1.82. The topological polar surface area (TPSA) is 72.2 Å². The average Bonchev–Trinajstić information content (AvgIpc) is 1.82. The van der Waals surface area contributed by atoms with Crippen molar-refractivity contribution in [3.8, 4) is 0 Å². The van der Waals surface area contributed by atoms with E-state index in [1.165, 1.54) is 0 Å². The van der Waals surface area contributed by atoms with Crippen LogP contribution in [-0.4, -0.2) is 18.4 Å². The minimum Gasteiger partial charge on any atom is -0.352 e. The Balaban J connectivity index is 3.55. The zero-order valence-electron chi connectivity index (χ0n) is 5.26. The molecule has 2 amide bonds. The third-order valence-corrected chi connectivity index (χ3v) is 0.932. The van der Waals surface area contributed by atoms with Gasteiger partial charge in [0.05, 0.1) is 6.04 Å². The molecule has 3 N–H and O–H groups in total. The molecular weight excluding hydrogens is 120 g/mol. The van der Waals surface area contributed by atoms with Gasteiger partial charge in [0.15, 0.2) is 0 Å². The van der Waals surface area contributed by atoms with E-state index in [0.717, 1.165) is 0 Å². The highest BCUT2D eigenvalue weighted by Gasteiger charge is 2.03. The van der Waals surface area contributed by atoms with E-state index < -0.39 is 12.1 Å². The molecule has 9 heavy (non-hydrogen) atoms. The standard InChI is InChI=1S/C5H10N2O2/c1-2-4(3-8)7-5(6)9/h3-4H,2H2,1H3,(H3,6,7,9). The summed E-state index contributed by atoms with van der Waals surface area (Å²) in [5.74, 6) is 0. The Morgan fingerprint density at radius 2 is 2.44 bits per heavy atom. The molecule has 0 rings (SSSR count). The van der Waals surface area contributed by atoms with Crippen LogP contribution >= 0.6 is 0 Å². The third-order valence-electron chi connectivity index (χ3n) is 0.932. The van der Waals surface area contributed by atoms with Crippen molar-refractivity contribution < 1.29 is 9.59 Å². The number of carbonyl (C=O) groups excluding carboxylic acids is 2. The molecule has 4 nitrogen and oxygen atoms in total. The molecule has 0 aliphatic heterocycles. The van der Waals surface area contributed by atoms with Crippen molar-refractivity contribution in [3.05, 3.63) is 0 Å². The van der Waals surface area contributed by atoms with Crippen LogP contribution < -0.4 is 11.1 Å². The zero-order valence-corrected chi connectivity index (χ0v) is 5.26. The predicted octanol–water partition coefficient (Wildman–Crippen LogP) is -0.368. The molecule has 0 saturated carbocycles. The van der Waals surface area contributed by atoms with Gasteiger partial charge in [0.2, 0.25) is 0 Å². The number of hydrogen-bond acceptors (Lipinski definition) is 2. The molecule has 1 unspecified atom stereocenters. The van der Waals surface area contributed by atoms with Crippen molar-refractivity contribution in [1.82, 2.24) is 5.32 Å². The minimum absolute atomic E-state index is 0.428. The number of rotatable bonds is 3. The molecule has 52 valence electrons. The summed E-state index contributed by atoms with van der Waals surface area (Å²) in [7, 11) is 0. The Hall–Kier alpha value is -1.06. The Morgan fingerprint density at radius 3 is 2.56 bits per heavy atom. The first-order valence-electron chi connectivity index (χ1n) is 2.72. The number of aldehydes is 1. The Bertz CT molecular complexity index is 114. The van der Waals surface area contributed by atoms with Crippen LogP contribution in [-0.2, 0) is 4.79 Å². The number of nitrogens with one attached hydrogen (secondary N) is 1. The van der Waals surface area contributed by atoms with Gasteiger partial charge in [0, 0.05) is 0 Å². The van der Waals surface area contributed by atoms with Gasteiger partial charge in [-0.05, 0) is 6.42 Å². The van der Waals surface area contributed by atoms with Crippen molar-refractivity contribution in [1.29, 1.82) is 0 Å². The van der Waals surface area contributed by atoms with Crippen LogP contribution in [0.25, 0.3) is 0 Å². The van der Waals surface area contributed by atoms with E-state index in [2.05, 4.69) is 5.32 Å². The second-order valence-electron chi connectivity index (χ2n) is 1.66. The normalized spacial score (nSPS) is 12.1. The summed E-state index contributed by atoms with van der Waals surface area (Å²) >= 11 is 0. The van der Waals surface area contributed by atoms with E-state index in [-0.39, 0.29) is 0 Å². The van der Waals surface area contributed by atoms with Gasteiger partial charge in [-0.2, -0.15) is 0 Å². The van der Waals surface area contributed by atoms with Crippen molar-refractivity contribution in [2.45, 2.75) is 19.4 Å². The molecular formula is C5H10N2O2. The number of urea groups is 1. The maximum Gasteiger partial charge on any atom is 0.312 e. The molecule has 4 heteroatoms. The molecule has 1 atom stereocenters. The van der Waals surface area contributed by atoms with E-state index in [1.807, 2.05) is 0 Å². The maximum atomic E-state index is 10.1. The van der Waals surface area contributed by atoms with E-state index in [0.29, 0.717) is 12.7 Å². The zero-order chi connectivity index (χ0) is 7.28. The van der Waals surface area contributed by atoms with Gasteiger partial charge in [-0.15, -0.1) is 0 Å². The predicted molar refractivity (Wildman–Crippen MR) is 32.9 cm³/mol. The first-order valence-corrected chi connectivity index (χ1v) is 2.72. The summed E-state index contributed by atoms with van der Waals surface area (Å²) in [5, 5.41) is 2.25. The van der Waals surface area contributed by atoms with Gasteiger partial charge in [0.1, 0.15) is 6.29 Å². The van der Waals surface area contributed by atoms with Gasteiger partial charge in [0.25, 0.3) is 0 Å². The van der Waals surface area contributed by atoms with Crippen LogP contribution in [0.1, 0.15) is 13.3 Å². The summed E-state index contributed by atoms with van der Waals surface area (Å²) in [6.45, 7) is 1.79. The summed E-state index contributed by atoms with van der Waals surface area (Å²) in [4.78, 5) is 20.1. The van der Waals surface area contributed by atoms with E-state index in [9.17, 15) is 9.59 Å². The molecule has 0 radical (unpaired) electrons. The van der Waals surface area contributed by atoms with Crippen molar-refractivity contribution >= 4 is 12.3 Å². The number of nitrogens with two attached hydrogens (primary N) is 1. The molecule has 0 aliphatic carbocycles.